The lowest BCUT2D eigenvalue weighted by Gasteiger charge is -2.09. The fraction of sp³-hybridized carbons (Fsp3) is 0.375. The topological polar surface area (TPSA) is 44.2 Å². The molecule has 0 N–H and O–H groups in total. The van der Waals surface area contributed by atoms with Gasteiger partial charge in [0.25, 0.3) is 0 Å². The first kappa shape index (κ1) is 14.5. The van der Waals surface area contributed by atoms with E-state index in [0.29, 0.717) is 13.2 Å². The number of hydrogen-bond donors (Lipinski definition) is 0. The molecule has 20 heavy (non-hydrogen) atoms. The second-order valence-electron chi connectivity index (χ2n) is 4.71. The molecular weight excluding hydrogens is 252 g/mol. The molecule has 1 aromatic carbocycles. The first-order chi connectivity index (χ1) is 9.61. The molecule has 4 heteroatoms. The Labute approximate surface area is 119 Å². The molecule has 0 saturated heterocycles. The van der Waals surface area contributed by atoms with Crippen LogP contribution in [-0.4, -0.2) is 30.3 Å². The van der Waals surface area contributed by atoms with Gasteiger partial charge in [0.1, 0.15) is 12.4 Å². The summed E-state index contributed by atoms with van der Waals surface area (Å²) in [5, 5.41) is 0. The minimum absolute atomic E-state index is 0.551. The summed E-state index contributed by atoms with van der Waals surface area (Å²) >= 11 is 0. The molecule has 0 aliphatic rings. The van der Waals surface area contributed by atoms with Crippen LogP contribution in [0.5, 0.6) is 5.75 Å². The fourth-order valence-corrected chi connectivity index (χ4v) is 1.84. The van der Waals surface area contributed by atoms with Crippen LogP contribution in [0, 0.1) is 20.8 Å². The Morgan fingerprint density at radius 3 is 2.05 bits per heavy atom. The molecule has 0 spiro atoms. The zero-order chi connectivity index (χ0) is 14.5. The molecule has 0 radical (unpaired) electrons. The molecule has 0 bridgehead atoms. The van der Waals surface area contributed by atoms with E-state index in [4.69, 9.17) is 9.47 Å². The Kier molecular flexibility index (Phi) is 4.69. The Bertz CT molecular complexity index is 557. The zero-order valence-electron chi connectivity index (χ0n) is 12.4. The largest absolute Gasteiger partial charge is 0.491 e. The number of aryl methyl sites for hydroxylation is 2. The second-order valence-corrected chi connectivity index (χ2v) is 4.71. The minimum Gasteiger partial charge on any atom is -0.491 e. The zero-order valence-corrected chi connectivity index (χ0v) is 12.4. The van der Waals surface area contributed by atoms with E-state index in [1.807, 2.05) is 45.0 Å². The van der Waals surface area contributed by atoms with E-state index in [1.54, 1.807) is 7.11 Å². The Balaban J connectivity index is 2.17. The molecule has 4 nitrogen and oxygen atoms in total. The molecule has 106 valence electrons. The normalized spacial score (nSPS) is 10.6. The van der Waals surface area contributed by atoms with Crippen molar-refractivity contribution in [2.24, 2.45) is 0 Å². The van der Waals surface area contributed by atoms with E-state index in [9.17, 15) is 0 Å². The lowest BCUT2D eigenvalue weighted by Crippen LogP contribution is -2.04. The van der Waals surface area contributed by atoms with Gasteiger partial charge in [0.15, 0.2) is 5.82 Å². The summed E-state index contributed by atoms with van der Waals surface area (Å²) in [5.41, 5.74) is 4.18. The third kappa shape index (κ3) is 3.33. The molecule has 0 fully saturated rings. The van der Waals surface area contributed by atoms with Crippen LogP contribution in [0.1, 0.15) is 17.0 Å². The van der Waals surface area contributed by atoms with E-state index in [-0.39, 0.29) is 0 Å². The van der Waals surface area contributed by atoms with Crippen LogP contribution in [-0.2, 0) is 4.74 Å². The van der Waals surface area contributed by atoms with E-state index in [1.165, 1.54) is 0 Å². The number of ether oxygens (including phenoxy) is 2. The Morgan fingerprint density at radius 2 is 1.50 bits per heavy atom. The molecule has 0 saturated carbocycles. The van der Waals surface area contributed by atoms with Crippen LogP contribution in [0.15, 0.2) is 24.3 Å². The van der Waals surface area contributed by atoms with Crippen molar-refractivity contribution in [3.05, 3.63) is 41.2 Å². The van der Waals surface area contributed by atoms with Crippen LogP contribution in [0.3, 0.4) is 0 Å². The van der Waals surface area contributed by atoms with Crippen molar-refractivity contribution in [2.75, 3.05) is 20.3 Å². The van der Waals surface area contributed by atoms with Crippen LogP contribution < -0.4 is 4.74 Å². The highest BCUT2D eigenvalue weighted by atomic mass is 16.5. The molecule has 0 amide bonds. The molecule has 0 aliphatic heterocycles. The molecule has 0 atom stereocenters. The van der Waals surface area contributed by atoms with Gasteiger partial charge in [0.2, 0.25) is 0 Å². The number of benzene rings is 1. The summed E-state index contributed by atoms with van der Waals surface area (Å²) < 4.78 is 10.5. The van der Waals surface area contributed by atoms with Crippen LogP contribution >= 0.6 is 0 Å². The second kappa shape index (κ2) is 6.48. The van der Waals surface area contributed by atoms with E-state index >= 15 is 0 Å². The standard InChI is InChI=1S/C16H20N2O2/c1-11-12(2)17-16(18-13(11)3)14-5-7-15(8-6-14)20-10-9-19-4/h5-8H,9-10H2,1-4H3. The molecule has 0 aliphatic carbocycles. The quantitative estimate of drug-likeness (QED) is 0.785. The van der Waals surface area contributed by atoms with Gasteiger partial charge in [-0.25, -0.2) is 9.97 Å². The summed E-state index contributed by atoms with van der Waals surface area (Å²) in [6, 6.07) is 7.81. The third-order valence-electron chi connectivity index (χ3n) is 3.30. The first-order valence-corrected chi connectivity index (χ1v) is 6.66. The summed E-state index contributed by atoms with van der Waals surface area (Å²) in [7, 11) is 1.66. The SMILES string of the molecule is COCCOc1ccc(-c2nc(C)c(C)c(C)n2)cc1. The van der Waals surface area contributed by atoms with Gasteiger partial charge in [-0.1, -0.05) is 0 Å². The molecule has 1 heterocycles. The van der Waals surface area contributed by atoms with Crippen molar-refractivity contribution in [1.29, 1.82) is 0 Å². The summed E-state index contributed by atoms with van der Waals surface area (Å²) in [5.74, 6) is 1.58. The van der Waals surface area contributed by atoms with Gasteiger partial charge in [0, 0.05) is 24.1 Å². The van der Waals surface area contributed by atoms with E-state index < -0.39 is 0 Å². The number of nitrogens with zero attached hydrogens (tertiary/aromatic N) is 2. The maximum Gasteiger partial charge on any atom is 0.159 e. The first-order valence-electron chi connectivity index (χ1n) is 6.66. The maximum atomic E-state index is 5.54. The lowest BCUT2D eigenvalue weighted by molar-refractivity contribution is 0.146. The van der Waals surface area contributed by atoms with Crippen molar-refractivity contribution in [1.82, 2.24) is 9.97 Å². The summed E-state index contributed by atoms with van der Waals surface area (Å²) in [6.45, 7) is 7.20. The Morgan fingerprint density at radius 1 is 0.900 bits per heavy atom. The monoisotopic (exact) mass is 272 g/mol. The van der Waals surface area contributed by atoms with E-state index in [0.717, 1.165) is 34.1 Å². The number of methoxy groups -OCH3 is 1. The molecule has 1 aromatic heterocycles. The van der Waals surface area contributed by atoms with Crippen molar-refractivity contribution >= 4 is 0 Å². The minimum atomic E-state index is 0.551. The van der Waals surface area contributed by atoms with Gasteiger partial charge in [0.05, 0.1) is 6.61 Å². The predicted octanol–water partition coefficient (Wildman–Crippen LogP) is 3.09. The average molecular weight is 272 g/mol. The Hall–Kier alpha value is -1.94. The number of rotatable bonds is 5. The van der Waals surface area contributed by atoms with Gasteiger partial charge in [-0.15, -0.1) is 0 Å². The van der Waals surface area contributed by atoms with Gasteiger partial charge in [-0.3, -0.25) is 0 Å². The van der Waals surface area contributed by atoms with Gasteiger partial charge in [-0.05, 0) is 50.6 Å². The fourth-order valence-electron chi connectivity index (χ4n) is 1.84. The third-order valence-corrected chi connectivity index (χ3v) is 3.30. The average Bonchev–Trinajstić information content (AvgIpc) is 2.45. The number of aromatic nitrogens is 2. The summed E-state index contributed by atoms with van der Waals surface area (Å²) in [4.78, 5) is 9.07. The molecule has 2 aromatic rings. The highest BCUT2D eigenvalue weighted by molar-refractivity contribution is 5.57. The van der Waals surface area contributed by atoms with Crippen molar-refractivity contribution in [3.8, 4) is 17.1 Å². The van der Waals surface area contributed by atoms with Crippen molar-refractivity contribution < 1.29 is 9.47 Å². The van der Waals surface area contributed by atoms with Gasteiger partial charge >= 0.3 is 0 Å². The molecule has 2 rings (SSSR count). The highest BCUT2D eigenvalue weighted by Crippen LogP contribution is 2.21. The van der Waals surface area contributed by atoms with Crippen LogP contribution in [0.4, 0.5) is 0 Å². The van der Waals surface area contributed by atoms with Gasteiger partial charge < -0.3 is 9.47 Å². The molecular formula is C16H20N2O2. The van der Waals surface area contributed by atoms with Crippen LogP contribution in [0.2, 0.25) is 0 Å². The lowest BCUT2D eigenvalue weighted by atomic mass is 10.1. The number of hydrogen-bond acceptors (Lipinski definition) is 4. The predicted molar refractivity (Wildman–Crippen MR) is 79.1 cm³/mol. The highest BCUT2D eigenvalue weighted by Gasteiger charge is 2.07. The van der Waals surface area contributed by atoms with Gasteiger partial charge in [-0.2, -0.15) is 0 Å². The smallest absolute Gasteiger partial charge is 0.159 e. The van der Waals surface area contributed by atoms with Crippen molar-refractivity contribution in [2.45, 2.75) is 20.8 Å². The molecule has 0 unspecified atom stereocenters. The van der Waals surface area contributed by atoms with Crippen molar-refractivity contribution in [3.63, 3.8) is 0 Å². The summed E-state index contributed by atoms with van der Waals surface area (Å²) in [6.07, 6.45) is 0. The maximum absolute atomic E-state index is 5.54. The van der Waals surface area contributed by atoms with Crippen LogP contribution in [0.25, 0.3) is 11.4 Å². The van der Waals surface area contributed by atoms with E-state index in [2.05, 4.69) is 9.97 Å².